The summed E-state index contributed by atoms with van der Waals surface area (Å²) in [5.41, 5.74) is 0.620. The summed E-state index contributed by atoms with van der Waals surface area (Å²) in [6.45, 7) is 3.83. The van der Waals surface area contributed by atoms with Gasteiger partial charge in [-0.2, -0.15) is 4.31 Å². The number of rotatable bonds is 3. The minimum Gasteiger partial charge on any atom is -0.360 e. The first-order valence-electron chi connectivity index (χ1n) is 8.64. The maximum Gasteiger partial charge on any atom is 0.263 e. The Morgan fingerprint density at radius 1 is 1.19 bits per heavy atom. The van der Waals surface area contributed by atoms with Crippen LogP contribution in [-0.2, 0) is 10.0 Å². The summed E-state index contributed by atoms with van der Waals surface area (Å²) in [6.07, 6.45) is 4.14. The molecule has 0 unspecified atom stereocenters. The molecule has 0 bridgehead atoms. The Kier molecular flexibility index (Phi) is 4.31. The molecule has 4 heterocycles. The summed E-state index contributed by atoms with van der Waals surface area (Å²) < 4.78 is 33.8. The number of piperidine rings is 1. The first kappa shape index (κ1) is 17.8. The zero-order valence-corrected chi connectivity index (χ0v) is 15.8. The van der Waals surface area contributed by atoms with Crippen LogP contribution in [-0.4, -0.2) is 45.5 Å². The molecule has 1 saturated heterocycles. The van der Waals surface area contributed by atoms with Crippen LogP contribution in [0.5, 0.6) is 0 Å². The smallest absolute Gasteiger partial charge is 0.263 e. The van der Waals surface area contributed by atoms with Crippen LogP contribution in [0.25, 0.3) is 11.0 Å². The lowest BCUT2D eigenvalue weighted by Gasteiger charge is -2.31. The lowest BCUT2D eigenvalue weighted by atomic mass is 10.1. The summed E-state index contributed by atoms with van der Waals surface area (Å²) in [7, 11) is -3.67. The van der Waals surface area contributed by atoms with Gasteiger partial charge in [-0.1, -0.05) is 5.16 Å². The Morgan fingerprint density at radius 2 is 1.93 bits per heavy atom. The quantitative estimate of drug-likeness (QED) is 0.666. The van der Waals surface area contributed by atoms with Gasteiger partial charge in [-0.25, -0.2) is 18.4 Å². The molecule has 9 nitrogen and oxygen atoms in total. The van der Waals surface area contributed by atoms with E-state index < -0.39 is 10.0 Å². The number of hydrogen-bond donors (Lipinski definition) is 0. The monoisotopic (exact) mass is 389 g/mol. The van der Waals surface area contributed by atoms with Crippen molar-refractivity contribution in [2.75, 3.05) is 13.1 Å². The van der Waals surface area contributed by atoms with E-state index in [2.05, 4.69) is 15.1 Å². The molecule has 0 saturated carbocycles. The Balaban J connectivity index is 1.58. The Bertz CT molecular complexity index is 1140. The second-order valence-electron chi connectivity index (χ2n) is 6.62. The molecule has 27 heavy (non-hydrogen) atoms. The molecule has 142 valence electrons. The van der Waals surface area contributed by atoms with Gasteiger partial charge in [0.2, 0.25) is 10.0 Å². The standard InChI is InChI=1S/C17H19N5O4S/c1-11-15(12(2)26-20-11)27(24,25)21-8-5-13(6-9-21)22-10-19-16-14(17(22)23)4-3-7-18-16/h3-4,7,10,13H,5-6,8-9H2,1-2H3. The van der Waals surface area contributed by atoms with Crippen molar-refractivity contribution in [3.63, 3.8) is 0 Å². The molecule has 0 amide bonds. The second-order valence-corrected chi connectivity index (χ2v) is 8.49. The number of aryl methyl sites for hydroxylation is 2. The highest BCUT2D eigenvalue weighted by molar-refractivity contribution is 7.89. The van der Waals surface area contributed by atoms with E-state index in [1.807, 2.05) is 0 Å². The first-order chi connectivity index (χ1) is 12.9. The lowest BCUT2D eigenvalue weighted by Crippen LogP contribution is -2.41. The molecule has 3 aromatic rings. The van der Waals surface area contributed by atoms with Crippen molar-refractivity contribution < 1.29 is 12.9 Å². The molecule has 0 N–H and O–H groups in total. The molecule has 10 heteroatoms. The maximum atomic E-state index is 12.9. The summed E-state index contributed by atoms with van der Waals surface area (Å²) in [5, 5.41) is 4.20. The third kappa shape index (κ3) is 2.94. The van der Waals surface area contributed by atoms with Crippen LogP contribution in [0.15, 0.2) is 38.9 Å². The number of hydrogen-bond acceptors (Lipinski definition) is 7. The molecule has 0 radical (unpaired) electrons. The average molecular weight is 389 g/mol. The van der Waals surface area contributed by atoms with Gasteiger partial charge in [0.1, 0.15) is 16.9 Å². The SMILES string of the molecule is Cc1noc(C)c1S(=O)(=O)N1CCC(n2cnc3ncccc3c2=O)CC1. The highest BCUT2D eigenvalue weighted by Crippen LogP contribution is 2.29. The predicted octanol–water partition coefficient (Wildman–Crippen LogP) is 1.42. The molecule has 4 rings (SSSR count). The zero-order valence-electron chi connectivity index (χ0n) is 15.0. The van der Waals surface area contributed by atoms with Crippen LogP contribution >= 0.6 is 0 Å². The van der Waals surface area contributed by atoms with Crippen molar-refractivity contribution in [3.8, 4) is 0 Å². The third-order valence-corrected chi connectivity index (χ3v) is 7.08. The van der Waals surface area contributed by atoms with Crippen molar-refractivity contribution in [2.45, 2.75) is 37.6 Å². The van der Waals surface area contributed by atoms with Gasteiger partial charge in [0.05, 0.1) is 5.39 Å². The van der Waals surface area contributed by atoms with Crippen molar-refractivity contribution >= 4 is 21.1 Å². The maximum absolute atomic E-state index is 12.9. The van der Waals surface area contributed by atoms with E-state index >= 15 is 0 Å². The normalized spacial score (nSPS) is 16.8. The molecular formula is C17H19N5O4S. The number of nitrogens with zero attached hydrogens (tertiary/aromatic N) is 5. The van der Waals surface area contributed by atoms with Crippen LogP contribution in [0.3, 0.4) is 0 Å². The van der Waals surface area contributed by atoms with E-state index in [-0.39, 0.29) is 22.3 Å². The average Bonchev–Trinajstić information content (AvgIpc) is 3.01. The van der Waals surface area contributed by atoms with Crippen molar-refractivity contribution in [1.82, 2.24) is 24.0 Å². The first-order valence-corrected chi connectivity index (χ1v) is 10.1. The van der Waals surface area contributed by atoms with Gasteiger partial charge in [0.15, 0.2) is 11.4 Å². The molecule has 1 aliphatic rings. The van der Waals surface area contributed by atoms with Crippen molar-refractivity contribution in [1.29, 1.82) is 0 Å². The number of aromatic nitrogens is 4. The number of sulfonamides is 1. The molecule has 1 aliphatic heterocycles. The topological polar surface area (TPSA) is 111 Å². The third-order valence-electron chi connectivity index (χ3n) is 4.94. The van der Waals surface area contributed by atoms with Crippen molar-refractivity contribution in [3.05, 3.63) is 46.5 Å². The highest BCUT2D eigenvalue weighted by Gasteiger charge is 2.34. The van der Waals surface area contributed by atoms with E-state index in [1.165, 1.54) is 10.6 Å². The number of pyridine rings is 1. The van der Waals surface area contributed by atoms with Gasteiger partial charge in [0.25, 0.3) is 5.56 Å². The van der Waals surface area contributed by atoms with Gasteiger partial charge in [-0.3, -0.25) is 9.36 Å². The molecular weight excluding hydrogens is 370 g/mol. The molecule has 0 spiro atoms. The molecule has 3 aromatic heterocycles. The van der Waals surface area contributed by atoms with Crippen LogP contribution in [0.4, 0.5) is 0 Å². The molecule has 0 atom stereocenters. The van der Waals surface area contributed by atoms with Crippen LogP contribution in [0.1, 0.15) is 30.3 Å². The minimum atomic E-state index is -3.67. The molecule has 0 aliphatic carbocycles. The van der Waals surface area contributed by atoms with Crippen LogP contribution < -0.4 is 5.56 Å². The Morgan fingerprint density at radius 3 is 2.59 bits per heavy atom. The highest BCUT2D eigenvalue weighted by atomic mass is 32.2. The molecule has 0 aromatic carbocycles. The van der Waals surface area contributed by atoms with Gasteiger partial charge in [-0.15, -0.1) is 0 Å². The fraction of sp³-hybridized carbons (Fsp3) is 0.412. The van der Waals surface area contributed by atoms with Crippen LogP contribution in [0, 0.1) is 13.8 Å². The fourth-order valence-electron chi connectivity index (χ4n) is 3.57. The van der Waals surface area contributed by atoms with E-state index in [1.54, 1.807) is 36.7 Å². The van der Waals surface area contributed by atoms with Crippen LogP contribution in [0.2, 0.25) is 0 Å². The van der Waals surface area contributed by atoms with Gasteiger partial charge < -0.3 is 4.52 Å². The zero-order chi connectivity index (χ0) is 19.2. The van der Waals surface area contributed by atoms with Gasteiger partial charge >= 0.3 is 0 Å². The lowest BCUT2D eigenvalue weighted by molar-refractivity contribution is 0.269. The minimum absolute atomic E-state index is 0.106. The Hall–Kier alpha value is -2.59. The summed E-state index contributed by atoms with van der Waals surface area (Å²) in [4.78, 5) is 21.2. The largest absolute Gasteiger partial charge is 0.360 e. The predicted molar refractivity (Wildman–Crippen MR) is 96.8 cm³/mol. The van der Waals surface area contributed by atoms with E-state index in [0.717, 1.165) is 0 Å². The van der Waals surface area contributed by atoms with Gasteiger partial charge in [-0.05, 0) is 38.8 Å². The van der Waals surface area contributed by atoms with Crippen molar-refractivity contribution in [2.24, 2.45) is 0 Å². The van der Waals surface area contributed by atoms with E-state index in [9.17, 15) is 13.2 Å². The van der Waals surface area contributed by atoms with E-state index in [4.69, 9.17) is 4.52 Å². The second kappa shape index (κ2) is 6.54. The molecule has 1 fully saturated rings. The Labute approximate surface area is 155 Å². The summed E-state index contributed by atoms with van der Waals surface area (Å²) in [6, 6.07) is 3.30. The van der Waals surface area contributed by atoms with Gasteiger partial charge in [0, 0.05) is 25.3 Å². The number of fused-ring (bicyclic) bond motifs is 1. The summed E-state index contributed by atoms with van der Waals surface area (Å²) >= 11 is 0. The fourth-order valence-corrected chi connectivity index (χ4v) is 5.33. The van der Waals surface area contributed by atoms with E-state index in [0.29, 0.717) is 42.7 Å². The summed E-state index contributed by atoms with van der Waals surface area (Å²) in [5.74, 6) is 0.289.